The Bertz CT molecular complexity index is 247. The van der Waals surface area contributed by atoms with E-state index in [1.54, 1.807) is 4.90 Å². The Balaban J connectivity index is 1.70. The molecule has 2 aliphatic rings. The summed E-state index contributed by atoms with van der Waals surface area (Å²) < 4.78 is 10.5. The van der Waals surface area contributed by atoms with Crippen LogP contribution in [0.4, 0.5) is 4.79 Å². The van der Waals surface area contributed by atoms with Crippen LogP contribution in [0.25, 0.3) is 0 Å². The molecule has 0 aromatic rings. The van der Waals surface area contributed by atoms with Crippen LogP contribution in [-0.2, 0) is 9.47 Å². The summed E-state index contributed by atoms with van der Waals surface area (Å²) in [4.78, 5) is 15.4. The van der Waals surface area contributed by atoms with Crippen molar-refractivity contribution in [2.75, 3.05) is 45.9 Å². The molecule has 0 radical (unpaired) electrons. The molecule has 0 N–H and O–H groups in total. The van der Waals surface area contributed by atoms with Gasteiger partial charge in [0, 0.05) is 26.2 Å². The van der Waals surface area contributed by atoms with Crippen molar-refractivity contribution < 1.29 is 14.3 Å². The van der Waals surface area contributed by atoms with Gasteiger partial charge >= 0.3 is 6.09 Å². The first-order valence-electron chi connectivity index (χ1n) is 6.05. The number of carbonyl (C=O) groups excluding carboxylic acids is 1. The first kappa shape index (κ1) is 11.7. The molecule has 0 spiro atoms. The van der Waals surface area contributed by atoms with Crippen LogP contribution in [0, 0.1) is 0 Å². The van der Waals surface area contributed by atoms with Gasteiger partial charge in [0.2, 0.25) is 0 Å². The molecule has 1 atom stereocenters. The van der Waals surface area contributed by atoms with Crippen LogP contribution < -0.4 is 0 Å². The van der Waals surface area contributed by atoms with Crippen LogP contribution in [0.5, 0.6) is 0 Å². The zero-order chi connectivity index (χ0) is 11.4. The van der Waals surface area contributed by atoms with Crippen molar-refractivity contribution in [2.45, 2.75) is 19.4 Å². The van der Waals surface area contributed by atoms with E-state index in [2.05, 4.69) is 11.8 Å². The van der Waals surface area contributed by atoms with Crippen molar-refractivity contribution in [3.8, 4) is 0 Å². The number of amides is 1. The van der Waals surface area contributed by atoms with Crippen molar-refractivity contribution in [1.82, 2.24) is 9.80 Å². The SMILES string of the molecule is CC[C@@H]1CN(CCN2CCOC2=O)CCO1. The third-order valence-electron chi connectivity index (χ3n) is 3.21. The molecule has 0 aromatic carbocycles. The fourth-order valence-corrected chi connectivity index (χ4v) is 2.12. The maximum Gasteiger partial charge on any atom is 0.409 e. The lowest BCUT2D eigenvalue weighted by molar-refractivity contribution is -0.0306. The van der Waals surface area contributed by atoms with E-state index < -0.39 is 0 Å². The van der Waals surface area contributed by atoms with Gasteiger partial charge in [0.25, 0.3) is 0 Å². The normalized spacial score (nSPS) is 27.2. The van der Waals surface area contributed by atoms with Crippen molar-refractivity contribution in [3.63, 3.8) is 0 Å². The van der Waals surface area contributed by atoms with Gasteiger partial charge in [-0.15, -0.1) is 0 Å². The van der Waals surface area contributed by atoms with Crippen LogP contribution in [0.1, 0.15) is 13.3 Å². The average molecular weight is 228 g/mol. The van der Waals surface area contributed by atoms with Crippen molar-refractivity contribution in [2.24, 2.45) is 0 Å². The maximum absolute atomic E-state index is 11.2. The monoisotopic (exact) mass is 228 g/mol. The van der Waals surface area contributed by atoms with Gasteiger partial charge < -0.3 is 14.4 Å². The highest BCUT2D eigenvalue weighted by Crippen LogP contribution is 2.09. The number of ether oxygens (including phenoxy) is 2. The lowest BCUT2D eigenvalue weighted by Gasteiger charge is -2.33. The molecule has 2 fully saturated rings. The zero-order valence-corrected chi connectivity index (χ0v) is 9.85. The van der Waals surface area contributed by atoms with Gasteiger partial charge in [0.05, 0.1) is 19.3 Å². The standard InChI is InChI=1S/C11H20N2O3/c1-2-10-9-12(5-7-15-10)3-4-13-6-8-16-11(13)14/h10H,2-9H2,1H3/t10-/m1/s1. The van der Waals surface area contributed by atoms with E-state index >= 15 is 0 Å². The second-order valence-electron chi connectivity index (χ2n) is 4.30. The van der Waals surface area contributed by atoms with Crippen molar-refractivity contribution in [1.29, 1.82) is 0 Å². The van der Waals surface area contributed by atoms with Gasteiger partial charge in [-0.1, -0.05) is 6.92 Å². The van der Waals surface area contributed by atoms with Gasteiger partial charge in [-0.05, 0) is 6.42 Å². The Hall–Kier alpha value is -0.810. The van der Waals surface area contributed by atoms with E-state index in [-0.39, 0.29) is 6.09 Å². The second-order valence-corrected chi connectivity index (χ2v) is 4.30. The van der Waals surface area contributed by atoms with Crippen LogP contribution >= 0.6 is 0 Å². The molecule has 5 nitrogen and oxygen atoms in total. The smallest absolute Gasteiger partial charge is 0.409 e. The molecule has 0 saturated carbocycles. The molecule has 92 valence electrons. The lowest BCUT2D eigenvalue weighted by Crippen LogP contribution is -2.45. The molecule has 5 heteroatoms. The van der Waals surface area contributed by atoms with Gasteiger partial charge in [-0.25, -0.2) is 4.79 Å². The van der Waals surface area contributed by atoms with Gasteiger partial charge in [0.1, 0.15) is 6.61 Å². The maximum atomic E-state index is 11.2. The second kappa shape index (κ2) is 5.50. The minimum Gasteiger partial charge on any atom is -0.448 e. The largest absolute Gasteiger partial charge is 0.448 e. The first-order valence-corrected chi connectivity index (χ1v) is 6.05. The van der Waals surface area contributed by atoms with Gasteiger partial charge in [-0.3, -0.25) is 4.90 Å². The molecule has 0 aliphatic carbocycles. The van der Waals surface area contributed by atoms with E-state index in [0.29, 0.717) is 12.7 Å². The summed E-state index contributed by atoms with van der Waals surface area (Å²) in [6.07, 6.45) is 1.25. The average Bonchev–Trinajstić information content (AvgIpc) is 2.72. The Kier molecular flexibility index (Phi) is 4.01. The molecule has 2 saturated heterocycles. The van der Waals surface area contributed by atoms with Crippen LogP contribution in [0.3, 0.4) is 0 Å². The minimum atomic E-state index is -0.166. The Morgan fingerprint density at radius 3 is 2.88 bits per heavy atom. The zero-order valence-electron chi connectivity index (χ0n) is 9.85. The Morgan fingerprint density at radius 2 is 2.19 bits per heavy atom. The van der Waals surface area contributed by atoms with E-state index in [1.807, 2.05) is 0 Å². The molecular weight excluding hydrogens is 208 g/mol. The molecule has 16 heavy (non-hydrogen) atoms. The molecule has 2 heterocycles. The third kappa shape index (κ3) is 2.86. The molecular formula is C11H20N2O3. The predicted molar refractivity (Wildman–Crippen MR) is 59.4 cm³/mol. The van der Waals surface area contributed by atoms with Crippen LogP contribution in [-0.4, -0.2) is 67.9 Å². The summed E-state index contributed by atoms with van der Waals surface area (Å²) >= 11 is 0. The number of hydrogen-bond acceptors (Lipinski definition) is 4. The highest BCUT2D eigenvalue weighted by Gasteiger charge is 2.24. The highest BCUT2D eigenvalue weighted by molar-refractivity contribution is 5.69. The summed E-state index contributed by atoms with van der Waals surface area (Å²) in [6.45, 7) is 7.89. The quantitative estimate of drug-likeness (QED) is 0.704. The number of nitrogens with zero attached hydrogens (tertiary/aromatic N) is 2. The molecule has 2 rings (SSSR count). The predicted octanol–water partition coefficient (Wildman–Crippen LogP) is 0.549. The summed E-state index contributed by atoms with van der Waals surface area (Å²) in [6, 6.07) is 0. The van der Waals surface area contributed by atoms with Gasteiger partial charge in [-0.2, -0.15) is 0 Å². The first-order chi connectivity index (χ1) is 7.79. The molecule has 2 aliphatic heterocycles. The van der Waals surface area contributed by atoms with E-state index in [0.717, 1.165) is 45.8 Å². The number of carbonyl (C=O) groups is 1. The van der Waals surface area contributed by atoms with Crippen LogP contribution in [0.15, 0.2) is 0 Å². The lowest BCUT2D eigenvalue weighted by atomic mass is 10.2. The number of rotatable bonds is 4. The number of morpholine rings is 1. The Labute approximate surface area is 96.3 Å². The fourth-order valence-electron chi connectivity index (χ4n) is 2.12. The van der Waals surface area contributed by atoms with E-state index in [4.69, 9.17) is 9.47 Å². The molecule has 1 amide bonds. The van der Waals surface area contributed by atoms with Crippen LogP contribution in [0.2, 0.25) is 0 Å². The Morgan fingerprint density at radius 1 is 1.31 bits per heavy atom. The molecule has 0 unspecified atom stereocenters. The number of hydrogen-bond donors (Lipinski definition) is 0. The summed E-state index contributed by atoms with van der Waals surface area (Å²) in [5.41, 5.74) is 0. The summed E-state index contributed by atoms with van der Waals surface area (Å²) in [5.74, 6) is 0. The highest BCUT2D eigenvalue weighted by atomic mass is 16.6. The topological polar surface area (TPSA) is 42.0 Å². The van der Waals surface area contributed by atoms with Crippen molar-refractivity contribution in [3.05, 3.63) is 0 Å². The van der Waals surface area contributed by atoms with Crippen molar-refractivity contribution >= 4 is 6.09 Å². The van der Waals surface area contributed by atoms with E-state index in [1.165, 1.54) is 0 Å². The fraction of sp³-hybridized carbons (Fsp3) is 0.909. The molecule has 0 aromatic heterocycles. The summed E-state index contributed by atoms with van der Waals surface area (Å²) in [5, 5.41) is 0. The van der Waals surface area contributed by atoms with Gasteiger partial charge in [0.15, 0.2) is 0 Å². The molecule has 0 bridgehead atoms. The minimum absolute atomic E-state index is 0.166. The van der Waals surface area contributed by atoms with E-state index in [9.17, 15) is 4.79 Å². The third-order valence-corrected chi connectivity index (χ3v) is 3.21. The summed E-state index contributed by atoms with van der Waals surface area (Å²) in [7, 11) is 0. The number of cyclic esters (lactones) is 1.